The molecule has 4 nitrogen and oxygen atoms in total. The van der Waals surface area contributed by atoms with Crippen molar-refractivity contribution in [3.05, 3.63) is 83.2 Å². The third kappa shape index (κ3) is 5.42. The topological polar surface area (TPSA) is 58.6 Å². The molecule has 0 aromatic heterocycles. The number of hydrogen-bond acceptors (Lipinski definition) is 4. The second-order valence-corrected chi connectivity index (χ2v) is 9.45. The van der Waals surface area contributed by atoms with E-state index in [-0.39, 0.29) is 47.4 Å². The number of carbonyl (C=O) groups excluding carboxylic acids is 1. The molecule has 3 aromatic rings. The van der Waals surface area contributed by atoms with Crippen LogP contribution in [0.2, 0.25) is 0 Å². The number of aliphatic carboxylic acids is 1. The van der Waals surface area contributed by atoms with Crippen molar-refractivity contribution in [2.24, 2.45) is 11.8 Å². The molecule has 0 spiro atoms. The van der Waals surface area contributed by atoms with Crippen LogP contribution in [-0.4, -0.2) is 13.1 Å². The number of methoxy groups -OCH3 is 1. The van der Waals surface area contributed by atoms with Crippen LogP contribution in [0.4, 0.5) is 4.39 Å². The summed E-state index contributed by atoms with van der Waals surface area (Å²) in [5.74, 6) is -0.0320. The predicted octanol–water partition coefficient (Wildman–Crippen LogP) is 2.45. The third-order valence-electron chi connectivity index (χ3n) is 7.23. The second kappa shape index (κ2) is 10.7. The number of carbonyl (C=O) groups is 1. The fourth-order valence-electron chi connectivity index (χ4n) is 5.13. The van der Waals surface area contributed by atoms with E-state index in [1.807, 2.05) is 30.3 Å². The summed E-state index contributed by atoms with van der Waals surface area (Å²) in [4.78, 5) is 11.6. The van der Waals surface area contributed by atoms with Crippen molar-refractivity contribution < 1.29 is 53.3 Å². The second-order valence-electron chi connectivity index (χ2n) is 9.45. The van der Waals surface area contributed by atoms with Gasteiger partial charge in [-0.15, -0.1) is 0 Å². The van der Waals surface area contributed by atoms with E-state index in [0.29, 0.717) is 17.2 Å². The first kappa shape index (κ1) is 25.7. The van der Waals surface area contributed by atoms with Crippen molar-refractivity contribution in [1.82, 2.24) is 0 Å². The summed E-state index contributed by atoms with van der Waals surface area (Å²) in [6.07, 6.45) is 3.74. The molecule has 0 amide bonds. The van der Waals surface area contributed by atoms with Gasteiger partial charge in [0, 0.05) is 17.5 Å². The van der Waals surface area contributed by atoms with Crippen LogP contribution in [0.3, 0.4) is 0 Å². The first-order valence-corrected chi connectivity index (χ1v) is 11.9. The first-order valence-electron chi connectivity index (χ1n) is 11.9. The van der Waals surface area contributed by atoms with Gasteiger partial charge in [0.2, 0.25) is 0 Å². The molecule has 0 saturated heterocycles. The van der Waals surface area contributed by atoms with Crippen LogP contribution in [-0.2, 0) is 11.2 Å². The van der Waals surface area contributed by atoms with Gasteiger partial charge in [-0.1, -0.05) is 43.3 Å². The Kier molecular flexibility index (Phi) is 7.89. The number of carboxylic acid groups (broad SMARTS) is 1. The quantitative estimate of drug-likeness (QED) is 0.486. The van der Waals surface area contributed by atoms with E-state index in [0.717, 1.165) is 53.7 Å². The summed E-state index contributed by atoms with van der Waals surface area (Å²) >= 11 is 0. The molecule has 35 heavy (non-hydrogen) atoms. The molecule has 5 rings (SSSR count). The Morgan fingerprint density at radius 1 is 1.06 bits per heavy atom. The number of aryl methyl sites for hydroxylation is 1. The zero-order chi connectivity index (χ0) is 23.8. The number of halogens is 1. The molecule has 3 atom stereocenters. The summed E-state index contributed by atoms with van der Waals surface area (Å²) in [5, 5.41) is 11.6. The van der Waals surface area contributed by atoms with Crippen LogP contribution >= 0.6 is 0 Å². The van der Waals surface area contributed by atoms with Gasteiger partial charge in [-0.2, -0.15) is 0 Å². The van der Waals surface area contributed by atoms with E-state index in [2.05, 4.69) is 12.1 Å². The van der Waals surface area contributed by atoms with Crippen molar-refractivity contribution in [3.63, 3.8) is 0 Å². The third-order valence-corrected chi connectivity index (χ3v) is 7.23. The van der Waals surface area contributed by atoms with Gasteiger partial charge in [-0.25, -0.2) is 4.39 Å². The molecule has 1 saturated carbocycles. The van der Waals surface area contributed by atoms with Crippen molar-refractivity contribution >= 4 is 5.97 Å². The maximum absolute atomic E-state index is 14.4. The standard InChI is InChI=1S/C29H29FO4.Na/c1-17(29(31)32)28(21-8-9-21)22-10-7-20-11-14-26(34-27(20)15-22)19-5-3-18(4-6-19)24-16-23(33-2)12-13-25(24)30;/h3-7,10,12-13,15-17,21,26,28H,8-9,11,14H2,1-2H3,(H,31,32);/q;+1/p-1/t17-,26?,28-;/m0./s1. The molecule has 1 fully saturated rings. The van der Waals surface area contributed by atoms with Gasteiger partial charge in [0.15, 0.2) is 0 Å². The van der Waals surface area contributed by atoms with Crippen molar-refractivity contribution in [2.45, 2.75) is 44.6 Å². The zero-order valence-corrected chi connectivity index (χ0v) is 22.4. The van der Waals surface area contributed by atoms with Crippen LogP contribution in [0.1, 0.15) is 54.9 Å². The van der Waals surface area contributed by atoms with Crippen molar-refractivity contribution in [1.29, 1.82) is 0 Å². The molecule has 1 aliphatic heterocycles. The van der Waals surface area contributed by atoms with Crippen LogP contribution in [0.15, 0.2) is 60.7 Å². The Bertz CT molecular complexity index is 1210. The van der Waals surface area contributed by atoms with E-state index >= 15 is 0 Å². The largest absolute Gasteiger partial charge is 1.00 e. The monoisotopic (exact) mass is 482 g/mol. The molecule has 3 aromatic carbocycles. The maximum Gasteiger partial charge on any atom is 1.00 e. The Hall–Kier alpha value is -2.34. The fraction of sp³-hybridized carbons (Fsp3) is 0.345. The molecule has 0 bridgehead atoms. The van der Waals surface area contributed by atoms with Gasteiger partial charge in [-0.05, 0) is 84.0 Å². The predicted molar refractivity (Wildman–Crippen MR) is 126 cm³/mol. The summed E-state index contributed by atoms with van der Waals surface area (Å²) in [7, 11) is 1.57. The van der Waals surface area contributed by atoms with E-state index in [9.17, 15) is 14.3 Å². The Labute approximate surface area is 227 Å². The average molecular weight is 483 g/mol. The number of ether oxygens (including phenoxy) is 2. The van der Waals surface area contributed by atoms with Crippen LogP contribution in [0.5, 0.6) is 11.5 Å². The number of hydrogen-bond donors (Lipinski definition) is 0. The van der Waals surface area contributed by atoms with Gasteiger partial charge in [-0.3, -0.25) is 0 Å². The average Bonchev–Trinajstić information content (AvgIpc) is 3.69. The minimum absolute atomic E-state index is 0. The summed E-state index contributed by atoms with van der Waals surface area (Å²) in [6, 6.07) is 18.7. The Morgan fingerprint density at radius 2 is 1.80 bits per heavy atom. The summed E-state index contributed by atoms with van der Waals surface area (Å²) < 4.78 is 26.0. The van der Waals surface area contributed by atoms with Gasteiger partial charge in [0.1, 0.15) is 23.4 Å². The number of benzene rings is 3. The van der Waals surface area contributed by atoms with Gasteiger partial charge in [0.05, 0.1) is 7.11 Å². The fourth-order valence-corrected chi connectivity index (χ4v) is 5.13. The van der Waals surface area contributed by atoms with Crippen LogP contribution in [0.25, 0.3) is 11.1 Å². The molecular weight excluding hydrogens is 454 g/mol. The maximum atomic E-state index is 14.4. The number of carboxylic acids is 1. The molecule has 6 heteroatoms. The van der Waals surface area contributed by atoms with Crippen LogP contribution in [0, 0.1) is 17.7 Å². The Balaban J connectivity index is 0.00000289. The van der Waals surface area contributed by atoms with Gasteiger partial charge < -0.3 is 19.4 Å². The van der Waals surface area contributed by atoms with E-state index in [1.165, 1.54) is 6.07 Å². The van der Waals surface area contributed by atoms with E-state index in [4.69, 9.17) is 9.47 Å². The van der Waals surface area contributed by atoms with Gasteiger partial charge >= 0.3 is 29.6 Å². The normalized spacial score (nSPS) is 18.4. The SMILES string of the molecule is COc1ccc(F)c(-c2ccc(C3CCc4ccc([C@H](C5CC5)[C@H](C)C(=O)[O-])cc4O3)cc2)c1.[Na+]. The molecule has 0 radical (unpaired) electrons. The van der Waals surface area contributed by atoms with Crippen LogP contribution < -0.4 is 44.1 Å². The number of fused-ring (bicyclic) bond motifs is 1. The van der Waals surface area contributed by atoms with Gasteiger partial charge in [0.25, 0.3) is 0 Å². The number of rotatable bonds is 7. The zero-order valence-electron chi connectivity index (χ0n) is 20.4. The molecular formula is C29H28FNaO4. The van der Waals surface area contributed by atoms with Crippen molar-refractivity contribution in [3.8, 4) is 22.6 Å². The molecule has 2 aliphatic rings. The molecule has 0 N–H and O–H groups in total. The molecule has 176 valence electrons. The molecule has 1 unspecified atom stereocenters. The minimum Gasteiger partial charge on any atom is -0.550 e. The molecule has 1 heterocycles. The summed E-state index contributed by atoms with van der Waals surface area (Å²) in [6.45, 7) is 1.74. The Morgan fingerprint density at radius 3 is 2.46 bits per heavy atom. The first-order chi connectivity index (χ1) is 16.4. The van der Waals surface area contributed by atoms with Crippen molar-refractivity contribution in [2.75, 3.05) is 7.11 Å². The molecule has 1 aliphatic carbocycles. The van der Waals surface area contributed by atoms with E-state index in [1.54, 1.807) is 26.2 Å². The minimum atomic E-state index is -0.999. The summed E-state index contributed by atoms with van der Waals surface area (Å²) in [5.41, 5.74) is 4.47. The smallest absolute Gasteiger partial charge is 0.550 e. The van der Waals surface area contributed by atoms with E-state index < -0.39 is 11.9 Å².